The Morgan fingerprint density at radius 2 is 1.65 bits per heavy atom. The molecule has 0 radical (unpaired) electrons. The van der Waals surface area contributed by atoms with Crippen molar-refractivity contribution < 1.29 is 0 Å². The molecule has 4 aromatic heterocycles. The molecule has 0 amide bonds. The fourth-order valence-corrected chi connectivity index (χ4v) is 3.82. The predicted molar refractivity (Wildman–Crippen MR) is 117 cm³/mol. The van der Waals surface area contributed by atoms with Gasteiger partial charge in [0, 0.05) is 16.5 Å². The summed E-state index contributed by atoms with van der Waals surface area (Å²) in [4.78, 5) is 13.3. The summed E-state index contributed by atoms with van der Waals surface area (Å²) >= 11 is 6.40. The van der Waals surface area contributed by atoms with E-state index in [1.54, 1.807) is 10.8 Å². The van der Waals surface area contributed by atoms with Crippen LogP contribution in [0.2, 0.25) is 5.15 Å². The fraction of sp³-hybridized carbons (Fsp3) is 0.0476. The van der Waals surface area contributed by atoms with Crippen LogP contribution in [-0.4, -0.2) is 39.3 Å². The highest BCUT2D eigenvalue weighted by molar-refractivity contribution is 6.34. The minimum atomic E-state index is 0.376. The van der Waals surface area contributed by atoms with Gasteiger partial charge in [-0.15, -0.1) is 10.2 Å². The van der Waals surface area contributed by atoms with Crippen molar-refractivity contribution in [3.05, 3.63) is 78.2 Å². The Labute approximate surface area is 180 Å². The van der Waals surface area contributed by atoms with Crippen LogP contribution in [0.25, 0.3) is 27.6 Å². The lowest BCUT2D eigenvalue weighted by molar-refractivity contribution is 0.718. The van der Waals surface area contributed by atoms with Crippen LogP contribution in [0.3, 0.4) is 0 Å². The molecule has 1 N–H and O–H groups in total. The highest BCUT2D eigenvalue weighted by Gasteiger charge is 2.16. The van der Waals surface area contributed by atoms with Crippen LogP contribution in [0, 0.1) is 0 Å². The third-order valence-electron chi connectivity index (χ3n) is 5.03. The SMILES string of the molecule is Clc1nn2c(Cn3cnc4c(Nc5ccccc5)ncnc43)nnc2c2ccccc12. The second kappa shape index (κ2) is 6.99. The van der Waals surface area contributed by atoms with Crippen LogP contribution >= 0.6 is 11.6 Å². The normalized spacial score (nSPS) is 11.5. The number of nitrogens with zero attached hydrogens (tertiary/aromatic N) is 8. The standard InChI is InChI=1S/C21H14ClN9/c22-18-14-8-4-5-9-15(14)20-28-27-16(31(20)29-18)10-30-12-25-17-19(23-11-24-21(17)30)26-13-6-2-1-3-7-13/h1-9,11-12H,10H2,(H,23,24,26). The van der Waals surface area contributed by atoms with E-state index in [9.17, 15) is 0 Å². The minimum absolute atomic E-state index is 0.376. The van der Waals surface area contributed by atoms with Crippen LogP contribution in [0.5, 0.6) is 0 Å². The van der Waals surface area contributed by atoms with Crippen molar-refractivity contribution in [1.82, 2.24) is 39.3 Å². The zero-order valence-electron chi connectivity index (χ0n) is 16.0. The van der Waals surface area contributed by atoms with E-state index in [-0.39, 0.29) is 0 Å². The highest BCUT2D eigenvalue weighted by atomic mass is 35.5. The van der Waals surface area contributed by atoms with Gasteiger partial charge in [-0.05, 0) is 12.1 Å². The molecule has 6 rings (SSSR count). The number of rotatable bonds is 4. The van der Waals surface area contributed by atoms with E-state index >= 15 is 0 Å². The predicted octanol–water partition coefficient (Wildman–Crippen LogP) is 3.86. The highest BCUT2D eigenvalue weighted by Crippen LogP contribution is 2.25. The summed E-state index contributed by atoms with van der Waals surface area (Å²) in [5.74, 6) is 1.26. The van der Waals surface area contributed by atoms with Crippen LogP contribution in [-0.2, 0) is 6.54 Å². The second-order valence-electron chi connectivity index (χ2n) is 6.95. The fourth-order valence-electron chi connectivity index (χ4n) is 3.58. The lowest BCUT2D eigenvalue weighted by atomic mass is 10.2. The van der Waals surface area contributed by atoms with Crippen LogP contribution in [0.1, 0.15) is 5.82 Å². The number of benzene rings is 2. The van der Waals surface area contributed by atoms with Crippen molar-refractivity contribution in [2.24, 2.45) is 0 Å². The number of fused-ring (bicyclic) bond motifs is 4. The molecule has 6 aromatic rings. The molecule has 0 saturated heterocycles. The molecule has 0 bridgehead atoms. The lowest BCUT2D eigenvalue weighted by Gasteiger charge is -2.06. The summed E-state index contributed by atoms with van der Waals surface area (Å²) in [6, 6.07) is 17.5. The first-order valence-electron chi connectivity index (χ1n) is 9.54. The van der Waals surface area contributed by atoms with E-state index in [2.05, 4.69) is 35.6 Å². The van der Waals surface area contributed by atoms with Gasteiger partial charge in [-0.25, -0.2) is 15.0 Å². The van der Waals surface area contributed by atoms with Crippen molar-refractivity contribution in [3.63, 3.8) is 0 Å². The molecule has 2 aromatic carbocycles. The van der Waals surface area contributed by atoms with Crippen molar-refractivity contribution in [2.75, 3.05) is 5.32 Å². The van der Waals surface area contributed by atoms with E-state index in [0.29, 0.717) is 40.2 Å². The van der Waals surface area contributed by atoms with Gasteiger partial charge in [-0.2, -0.15) is 9.61 Å². The first kappa shape index (κ1) is 17.7. The molecule has 9 nitrogen and oxygen atoms in total. The van der Waals surface area contributed by atoms with Gasteiger partial charge in [0.05, 0.1) is 12.9 Å². The summed E-state index contributed by atoms with van der Waals surface area (Å²) < 4.78 is 3.55. The number of hydrogen-bond donors (Lipinski definition) is 1. The van der Waals surface area contributed by atoms with Crippen LogP contribution in [0.4, 0.5) is 11.5 Å². The number of anilines is 2. The molecule has 10 heteroatoms. The molecule has 0 aliphatic heterocycles. The van der Waals surface area contributed by atoms with E-state index in [0.717, 1.165) is 16.5 Å². The molecule has 31 heavy (non-hydrogen) atoms. The number of hydrogen-bond acceptors (Lipinski definition) is 7. The van der Waals surface area contributed by atoms with E-state index in [1.165, 1.54) is 6.33 Å². The van der Waals surface area contributed by atoms with Gasteiger partial charge in [-0.1, -0.05) is 54.1 Å². The molecule has 0 aliphatic rings. The van der Waals surface area contributed by atoms with Gasteiger partial charge in [0.1, 0.15) is 6.33 Å². The average molecular weight is 428 g/mol. The Morgan fingerprint density at radius 3 is 2.52 bits per heavy atom. The molecule has 0 atom stereocenters. The number of aromatic nitrogens is 8. The third kappa shape index (κ3) is 2.94. The zero-order valence-corrected chi connectivity index (χ0v) is 16.8. The van der Waals surface area contributed by atoms with Gasteiger partial charge >= 0.3 is 0 Å². The summed E-state index contributed by atoms with van der Waals surface area (Å²) in [6.07, 6.45) is 3.22. The summed E-state index contributed by atoms with van der Waals surface area (Å²) in [7, 11) is 0. The van der Waals surface area contributed by atoms with Crippen molar-refractivity contribution in [2.45, 2.75) is 6.54 Å². The molecular formula is C21H14ClN9. The van der Waals surface area contributed by atoms with E-state index in [4.69, 9.17) is 11.6 Å². The Morgan fingerprint density at radius 1 is 0.839 bits per heavy atom. The summed E-state index contributed by atoms with van der Waals surface area (Å²) in [6.45, 7) is 0.376. The Bertz CT molecular complexity index is 1560. The first-order chi connectivity index (χ1) is 15.3. The summed E-state index contributed by atoms with van der Waals surface area (Å²) in [5.41, 5.74) is 2.92. The minimum Gasteiger partial charge on any atom is -0.338 e. The molecule has 0 fully saturated rings. The zero-order chi connectivity index (χ0) is 20.8. The third-order valence-corrected chi connectivity index (χ3v) is 5.31. The molecule has 150 valence electrons. The largest absolute Gasteiger partial charge is 0.338 e. The van der Waals surface area contributed by atoms with Gasteiger partial charge in [-0.3, -0.25) is 0 Å². The smallest absolute Gasteiger partial charge is 0.185 e. The van der Waals surface area contributed by atoms with Crippen molar-refractivity contribution >= 4 is 50.7 Å². The monoisotopic (exact) mass is 427 g/mol. The van der Waals surface area contributed by atoms with Crippen molar-refractivity contribution in [1.29, 1.82) is 0 Å². The second-order valence-corrected chi connectivity index (χ2v) is 7.30. The summed E-state index contributed by atoms with van der Waals surface area (Å²) in [5, 5.41) is 18.6. The molecule has 0 unspecified atom stereocenters. The number of nitrogens with one attached hydrogen (secondary N) is 1. The van der Waals surface area contributed by atoms with E-state index in [1.807, 2.05) is 59.2 Å². The average Bonchev–Trinajstić information content (AvgIpc) is 3.40. The Balaban J connectivity index is 1.41. The Kier molecular flexibility index (Phi) is 4.00. The topological polar surface area (TPSA) is 98.7 Å². The van der Waals surface area contributed by atoms with Crippen LogP contribution in [0.15, 0.2) is 67.3 Å². The molecule has 0 saturated carbocycles. The van der Waals surface area contributed by atoms with Gasteiger partial charge in [0.2, 0.25) is 0 Å². The van der Waals surface area contributed by atoms with E-state index < -0.39 is 0 Å². The Hall–Kier alpha value is -4.11. The first-order valence-corrected chi connectivity index (χ1v) is 9.92. The maximum absolute atomic E-state index is 6.40. The molecule has 4 heterocycles. The molecule has 0 aliphatic carbocycles. The van der Waals surface area contributed by atoms with Crippen LogP contribution < -0.4 is 5.32 Å². The quantitative estimate of drug-likeness (QED) is 0.456. The maximum Gasteiger partial charge on any atom is 0.185 e. The lowest BCUT2D eigenvalue weighted by Crippen LogP contribution is -2.06. The number of para-hydroxylation sites is 1. The van der Waals surface area contributed by atoms with Gasteiger partial charge < -0.3 is 9.88 Å². The number of halogens is 1. The van der Waals surface area contributed by atoms with Gasteiger partial charge in [0.15, 0.2) is 33.6 Å². The molecule has 0 spiro atoms. The van der Waals surface area contributed by atoms with Gasteiger partial charge in [0.25, 0.3) is 0 Å². The maximum atomic E-state index is 6.40. The molecular weight excluding hydrogens is 414 g/mol. The number of imidazole rings is 1. The van der Waals surface area contributed by atoms with Crippen molar-refractivity contribution in [3.8, 4) is 0 Å².